The number of hydrogen-bond acceptors (Lipinski definition) is 5. The van der Waals surface area contributed by atoms with Crippen LogP contribution in [0.25, 0.3) is 0 Å². The van der Waals surface area contributed by atoms with Gasteiger partial charge in [0, 0.05) is 23.9 Å². The quantitative estimate of drug-likeness (QED) is 0.225. The van der Waals surface area contributed by atoms with Gasteiger partial charge in [-0.2, -0.15) is 5.10 Å². The lowest BCUT2D eigenvalue weighted by molar-refractivity contribution is 0.252. The van der Waals surface area contributed by atoms with Gasteiger partial charge < -0.3 is 15.2 Å². The van der Waals surface area contributed by atoms with Crippen LogP contribution in [0.5, 0.6) is 11.5 Å². The third-order valence-corrected chi connectivity index (χ3v) is 6.11. The van der Waals surface area contributed by atoms with Gasteiger partial charge in [0.1, 0.15) is 18.1 Å². The van der Waals surface area contributed by atoms with Crippen molar-refractivity contribution in [2.45, 2.75) is 53.2 Å². The molecule has 0 saturated heterocycles. The van der Waals surface area contributed by atoms with Crippen LogP contribution in [0.4, 0.5) is 10.5 Å². The summed E-state index contributed by atoms with van der Waals surface area (Å²) >= 11 is 0. The molecule has 0 heterocycles. The molecular formula is C30H38N4O3. The Kier molecular flexibility index (Phi) is 9.69. The van der Waals surface area contributed by atoms with Gasteiger partial charge in [0.2, 0.25) is 0 Å². The predicted octanol–water partition coefficient (Wildman–Crippen LogP) is 6.27. The van der Waals surface area contributed by atoms with E-state index in [1.165, 1.54) is 23.4 Å². The van der Waals surface area contributed by atoms with Crippen LogP contribution in [0.3, 0.4) is 0 Å². The molecule has 3 aromatic carbocycles. The summed E-state index contributed by atoms with van der Waals surface area (Å²) in [5, 5.41) is 17.0. The molecule has 0 saturated carbocycles. The van der Waals surface area contributed by atoms with Crippen molar-refractivity contribution in [1.29, 1.82) is 0 Å². The number of hydrogen-bond donors (Lipinski definition) is 3. The number of urea groups is 1. The van der Waals surface area contributed by atoms with E-state index in [2.05, 4.69) is 79.6 Å². The Hall–Kier alpha value is -3.84. The molecule has 196 valence electrons. The number of benzene rings is 3. The maximum Gasteiger partial charge on any atom is 0.339 e. The fraction of sp³-hybridized carbons (Fsp3) is 0.333. The average molecular weight is 503 g/mol. The van der Waals surface area contributed by atoms with Gasteiger partial charge >= 0.3 is 6.03 Å². The SMILES string of the molecule is CCN(CC)Cc1ccc(NC(=O)N/N=C/c2ccc(OCc3ccc(C(C)(C)C)cc3)cc2O)cc1. The fourth-order valence-corrected chi connectivity index (χ4v) is 3.71. The first kappa shape index (κ1) is 27.7. The van der Waals surface area contributed by atoms with Gasteiger partial charge in [-0.15, -0.1) is 0 Å². The molecule has 3 aromatic rings. The third-order valence-electron chi connectivity index (χ3n) is 6.11. The molecule has 0 aliphatic carbocycles. The van der Waals surface area contributed by atoms with Gasteiger partial charge in [-0.25, -0.2) is 10.2 Å². The van der Waals surface area contributed by atoms with Gasteiger partial charge in [0.05, 0.1) is 6.21 Å². The van der Waals surface area contributed by atoms with Crippen molar-refractivity contribution in [3.8, 4) is 11.5 Å². The highest BCUT2D eigenvalue weighted by Gasteiger charge is 2.13. The number of nitrogens with one attached hydrogen (secondary N) is 2. The molecule has 0 aliphatic heterocycles. The number of anilines is 1. The summed E-state index contributed by atoms with van der Waals surface area (Å²) in [5.74, 6) is 0.556. The summed E-state index contributed by atoms with van der Waals surface area (Å²) in [4.78, 5) is 14.5. The Balaban J connectivity index is 1.48. The standard InChI is InChI=1S/C30H38N4O3/c1-6-34(7-2)20-22-10-15-26(16-11-22)32-29(36)33-31-19-24-12-17-27(18-28(24)35)37-21-23-8-13-25(14-9-23)30(3,4)5/h8-19,35H,6-7,20-21H2,1-5H3,(H2,32,33,36)/b31-19+. The van der Waals surface area contributed by atoms with Crippen LogP contribution < -0.4 is 15.5 Å². The highest BCUT2D eigenvalue weighted by molar-refractivity contribution is 5.90. The Morgan fingerprint density at radius 2 is 1.62 bits per heavy atom. The molecule has 3 N–H and O–H groups in total. The van der Waals surface area contributed by atoms with Gasteiger partial charge in [0.15, 0.2) is 0 Å². The number of ether oxygens (including phenoxy) is 1. The first-order valence-electron chi connectivity index (χ1n) is 12.6. The normalized spacial score (nSPS) is 11.6. The van der Waals surface area contributed by atoms with Crippen LogP contribution in [0.2, 0.25) is 0 Å². The number of phenols is 1. The largest absolute Gasteiger partial charge is 0.507 e. The number of rotatable bonds is 10. The molecule has 0 aromatic heterocycles. The minimum Gasteiger partial charge on any atom is -0.507 e. The summed E-state index contributed by atoms with van der Waals surface area (Å²) in [5.41, 5.74) is 7.16. The van der Waals surface area contributed by atoms with Crippen molar-refractivity contribution in [2.75, 3.05) is 18.4 Å². The highest BCUT2D eigenvalue weighted by atomic mass is 16.5. The van der Waals surface area contributed by atoms with Crippen LogP contribution in [-0.2, 0) is 18.6 Å². The molecule has 7 heteroatoms. The van der Waals surface area contributed by atoms with Crippen molar-refractivity contribution < 1.29 is 14.6 Å². The topological polar surface area (TPSA) is 86.2 Å². The zero-order chi connectivity index (χ0) is 26.8. The second-order valence-electron chi connectivity index (χ2n) is 9.94. The summed E-state index contributed by atoms with van der Waals surface area (Å²) in [7, 11) is 0. The summed E-state index contributed by atoms with van der Waals surface area (Å²) in [6.45, 7) is 14.1. The van der Waals surface area contributed by atoms with Crippen LogP contribution in [-0.4, -0.2) is 35.3 Å². The van der Waals surface area contributed by atoms with E-state index in [1.54, 1.807) is 12.1 Å². The molecule has 7 nitrogen and oxygen atoms in total. The van der Waals surface area contributed by atoms with E-state index in [1.807, 2.05) is 24.3 Å². The Morgan fingerprint density at radius 1 is 0.973 bits per heavy atom. The first-order chi connectivity index (χ1) is 17.7. The van der Waals surface area contributed by atoms with E-state index in [4.69, 9.17) is 4.74 Å². The summed E-state index contributed by atoms with van der Waals surface area (Å²) in [6, 6.07) is 20.6. The van der Waals surface area contributed by atoms with E-state index in [0.717, 1.165) is 25.2 Å². The second-order valence-corrected chi connectivity index (χ2v) is 9.94. The lowest BCUT2D eigenvalue weighted by Gasteiger charge is -2.19. The van der Waals surface area contributed by atoms with Crippen molar-refractivity contribution >= 4 is 17.9 Å². The Morgan fingerprint density at radius 3 is 2.22 bits per heavy atom. The fourth-order valence-electron chi connectivity index (χ4n) is 3.71. The summed E-state index contributed by atoms with van der Waals surface area (Å²) in [6.07, 6.45) is 1.39. The molecule has 0 bridgehead atoms. The van der Waals surface area contributed by atoms with Gasteiger partial charge in [-0.1, -0.05) is 71.0 Å². The number of nitrogens with zero attached hydrogens (tertiary/aromatic N) is 2. The monoisotopic (exact) mass is 502 g/mol. The Bertz CT molecular complexity index is 1180. The summed E-state index contributed by atoms with van der Waals surface area (Å²) < 4.78 is 5.82. The first-order valence-corrected chi connectivity index (χ1v) is 12.6. The van der Waals surface area contributed by atoms with Crippen LogP contribution in [0.15, 0.2) is 71.8 Å². The molecule has 0 radical (unpaired) electrons. The molecule has 0 unspecified atom stereocenters. The molecule has 0 aliphatic rings. The zero-order valence-electron chi connectivity index (χ0n) is 22.4. The van der Waals surface area contributed by atoms with E-state index in [-0.39, 0.29) is 11.2 Å². The van der Waals surface area contributed by atoms with Crippen molar-refractivity contribution in [2.24, 2.45) is 5.10 Å². The number of carbonyl (C=O) groups excluding carboxylic acids is 1. The van der Waals surface area contributed by atoms with Crippen LogP contribution in [0, 0.1) is 0 Å². The lowest BCUT2D eigenvalue weighted by Crippen LogP contribution is -2.24. The Labute approximate surface area is 220 Å². The van der Waals surface area contributed by atoms with Crippen LogP contribution in [0.1, 0.15) is 56.9 Å². The minimum atomic E-state index is -0.468. The van der Waals surface area contributed by atoms with Gasteiger partial charge in [-0.05, 0) is 59.5 Å². The van der Waals surface area contributed by atoms with E-state index >= 15 is 0 Å². The third kappa shape index (κ3) is 8.65. The minimum absolute atomic E-state index is 0.00956. The van der Waals surface area contributed by atoms with Crippen molar-refractivity contribution in [1.82, 2.24) is 10.3 Å². The molecule has 0 fully saturated rings. The number of amides is 2. The number of phenolic OH excluding ortho intramolecular Hbond substituents is 1. The smallest absolute Gasteiger partial charge is 0.339 e. The lowest BCUT2D eigenvalue weighted by atomic mass is 9.87. The zero-order valence-corrected chi connectivity index (χ0v) is 22.4. The number of hydrazone groups is 1. The molecule has 0 spiro atoms. The number of aromatic hydroxyl groups is 1. The van der Waals surface area contributed by atoms with Crippen LogP contribution >= 0.6 is 0 Å². The molecule has 3 rings (SSSR count). The molecule has 37 heavy (non-hydrogen) atoms. The molecular weight excluding hydrogens is 464 g/mol. The van der Waals surface area contributed by atoms with Gasteiger partial charge in [0.25, 0.3) is 0 Å². The molecule has 0 atom stereocenters. The average Bonchev–Trinajstić information content (AvgIpc) is 2.88. The van der Waals surface area contributed by atoms with Gasteiger partial charge in [-0.3, -0.25) is 4.90 Å². The van der Waals surface area contributed by atoms with E-state index < -0.39 is 6.03 Å². The predicted molar refractivity (Wildman–Crippen MR) is 150 cm³/mol. The molecule has 2 amide bonds. The van der Waals surface area contributed by atoms with E-state index in [9.17, 15) is 9.90 Å². The maximum absolute atomic E-state index is 12.2. The second kappa shape index (κ2) is 12.9. The maximum atomic E-state index is 12.2. The van der Waals surface area contributed by atoms with Crippen molar-refractivity contribution in [3.05, 3.63) is 89.0 Å². The highest BCUT2D eigenvalue weighted by Crippen LogP contribution is 2.25. The number of carbonyl (C=O) groups is 1. The van der Waals surface area contributed by atoms with Crippen molar-refractivity contribution in [3.63, 3.8) is 0 Å². The van der Waals surface area contributed by atoms with E-state index in [0.29, 0.717) is 23.6 Å².